The molecule has 2 aromatic heterocycles. The molecule has 3 aromatic carbocycles. The lowest BCUT2D eigenvalue weighted by Gasteiger charge is -2.26. The summed E-state index contributed by atoms with van der Waals surface area (Å²) in [6.45, 7) is 8.81. The second kappa shape index (κ2) is 32.6. The summed E-state index contributed by atoms with van der Waals surface area (Å²) >= 11 is 0. The highest BCUT2D eigenvalue weighted by molar-refractivity contribution is 7.54. The van der Waals surface area contributed by atoms with Crippen molar-refractivity contribution in [1.29, 1.82) is 0 Å². The number of ether oxygens (including phenoxy) is 6. The van der Waals surface area contributed by atoms with E-state index in [-0.39, 0.29) is 68.1 Å². The number of halogens is 2. The van der Waals surface area contributed by atoms with Gasteiger partial charge in [-0.05, 0) is 120 Å². The molecule has 490 valence electrons. The van der Waals surface area contributed by atoms with Crippen molar-refractivity contribution >= 4 is 38.9 Å². The lowest BCUT2D eigenvalue weighted by molar-refractivity contribution is -0.766. The quantitative estimate of drug-likeness (QED) is 0.0415. The Morgan fingerprint density at radius 2 is 0.989 bits per heavy atom. The minimum absolute atomic E-state index is 0. The fourth-order valence-electron chi connectivity index (χ4n) is 11.8. The van der Waals surface area contributed by atoms with Crippen molar-refractivity contribution in [3.63, 3.8) is 0 Å². The minimum atomic E-state index is -3.96. The van der Waals surface area contributed by atoms with Gasteiger partial charge in [-0.2, -0.15) is 9.13 Å². The Labute approximate surface area is 537 Å². The fourth-order valence-corrected chi connectivity index (χ4v) is 15.5. The molecule has 3 saturated heterocycles. The number of rotatable bonds is 23. The number of carbonyl (C=O) groups is 4. The Bertz CT molecular complexity index is 3290. The molecular formula is C64H82Cl2N4O18P2. The van der Waals surface area contributed by atoms with Crippen molar-refractivity contribution in [2.75, 3.05) is 25.5 Å². The number of fused-ring (bicyclic) bond motifs is 1. The van der Waals surface area contributed by atoms with Gasteiger partial charge >= 0.3 is 27.1 Å². The number of nitrogens with two attached hydrogens (primary N) is 2. The normalized spacial score (nSPS) is 25.2. The van der Waals surface area contributed by atoms with Crippen LogP contribution in [0.4, 0.5) is 0 Å². The Balaban J connectivity index is 0.000000257. The Kier molecular flexibility index (Phi) is 26.0. The van der Waals surface area contributed by atoms with Gasteiger partial charge in [0.15, 0.2) is 43.3 Å². The van der Waals surface area contributed by atoms with Gasteiger partial charge in [0, 0.05) is 17.7 Å². The number of benzene rings is 3. The van der Waals surface area contributed by atoms with Crippen LogP contribution in [-0.2, 0) is 56.2 Å². The number of pyridine rings is 2. The van der Waals surface area contributed by atoms with Crippen molar-refractivity contribution in [3.05, 3.63) is 155 Å². The highest BCUT2D eigenvalue weighted by Gasteiger charge is 2.58. The molecule has 5 aliphatic rings. The van der Waals surface area contributed by atoms with Crippen LogP contribution in [0.5, 0.6) is 11.5 Å². The van der Waals surface area contributed by atoms with Crippen LogP contribution in [0.15, 0.2) is 122 Å². The van der Waals surface area contributed by atoms with Gasteiger partial charge in [0.05, 0.1) is 37.4 Å². The van der Waals surface area contributed by atoms with Gasteiger partial charge in [0.2, 0.25) is 0 Å². The molecule has 90 heavy (non-hydrogen) atoms. The Morgan fingerprint density at radius 1 is 0.567 bits per heavy atom. The van der Waals surface area contributed by atoms with Gasteiger partial charge in [-0.1, -0.05) is 80.8 Å². The number of primary amides is 2. The lowest BCUT2D eigenvalue weighted by Crippen LogP contribution is -3.00. The number of amides is 2. The summed E-state index contributed by atoms with van der Waals surface area (Å²) in [7, 11) is -7.90. The number of aromatic nitrogens is 2. The SMILES string of the molecule is C[C@H](CP(=O)(OC[C@H]1O[C@@H]([n+]2cccc(C(N)=O)c2)[C@H](O)[C@@H]1O)Oc1ccccc1)C(=O)OC1CCCCC1.Cc1cc(C)c(C2O[C@@H]3[C@H](O2)[C@@H](COP(=O)(C[C@@H](C)C(=O)OC2CCCCC2)Oc2ccccc2)O[C@H]3[n+]2cccc(C(N)=O)c2)c(C)c1.[Cl-].[Cl-]. The number of para-hydroxylation sites is 2. The molecule has 5 heterocycles. The van der Waals surface area contributed by atoms with Crippen LogP contribution in [0, 0.1) is 32.6 Å². The summed E-state index contributed by atoms with van der Waals surface area (Å²) in [6.07, 6.45) is 6.97. The van der Waals surface area contributed by atoms with E-state index in [0.717, 1.165) is 86.5 Å². The molecule has 3 unspecified atom stereocenters. The first-order valence-electron chi connectivity index (χ1n) is 30.2. The highest BCUT2D eigenvalue weighted by Crippen LogP contribution is 2.53. The number of esters is 2. The van der Waals surface area contributed by atoms with Crippen LogP contribution in [0.3, 0.4) is 0 Å². The zero-order valence-electron chi connectivity index (χ0n) is 51.1. The van der Waals surface area contributed by atoms with E-state index in [0.29, 0.717) is 17.1 Å². The molecule has 10 rings (SSSR count). The predicted octanol–water partition coefficient (Wildman–Crippen LogP) is 2.68. The van der Waals surface area contributed by atoms with Crippen molar-refractivity contribution in [2.45, 2.75) is 166 Å². The summed E-state index contributed by atoms with van der Waals surface area (Å²) in [4.78, 5) is 49.5. The molecule has 2 saturated carbocycles. The number of hydrogen-bond acceptors (Lipinski definition) is 18. The zero-order valence-corrected chi connectivity index (χ0v) is 54.4. The van der Waals surface area contributed by atoms with Gasteiger partial charge in [-0.3, -0.25) is 28.2 Å². The third kappa shape index (κ3) is 18.7. The second-order valence-electron chi connectivity index (χ2n) is 23.4. The first-order valence-corrected chi connectivity index (χ1v) is 33.6. The second-order valence-corrected chi connectivity index (χ2v) is 27.5. The van der Waals surface area contributed by atoms with Crippen LogP contribution < -0.4 is 54.5 Å². The Hall–Kier alpha value is -5.84. The molecule has 22 nitrogen and oxygen atoms in total. The molecule has 26 heteroatoms. The molecule has 3 aliphatic heterocycles. The van der Waals surface area contributed by atoms with E-state index < -0.39 is 106 Å². The molecule has 13 atom stereocenters. The van der Waals surface area contributed by atoms with E-state index in [1.54, 1.807) is 110 Å². The highest BCUT2D eigenvalue weighted by atomic mass is 35.5. The Morgan fingerprint density at radius 3 is 1.44 bits per heavy atom. The number of hydrogen-bond donors (Lipinski definition) is 4. The molecule has 0 radical (unpaired) electrons. The summed E-state index contributed by atoms with van der Waals surface area (Å²) in [5.74, 6) is -3.00. The maximum atomic E-state index is 14.5. The third-order valence-corrected chi connectivity index (χ3v) is 20.3. The smallest absolute Gasteiger partial charge is 0.380 e. The third-order valence-electron chi connectivity index (χ3n) is 16.3. The zero-order chi connectivity index (χ0) is 62.7. The largest absolute Gasteiger partial charge is 1.00 e. The lowest BCUT2D eigenvalue weighted by atomic mass is 9.98. The molecule has 0 spiro atoms. The summed E-state index contributed by atoms with van der Waals surface area (Å²) in [5, 5.41) is 21.3. The van der Waals surface area contributed by atoms with Gasteiger partial charge in [0.25, 0.3) is 24.3 Å². The molecule has 6 N–H and O–H groups in total. The number of carbonyl (C=O) groups excluding carboxylic acids is 4. The van der Waals surface area contributed by atoms with Gasteiger partial charge in [0.1, 0.15) is 59.2 Å². The summed E-state index contributed by atoms with van der Waals surface area (Å²) in [6, 6.07) is 27.7. The van der Waals surface area contributed by atoms with Crippen molar-refractivity contribution < 1.29 is 119 Å². The number of aliphatic hydroxyl groups excluding tert-OH is 2. The molecule has 5 fully saturated rings. The summed E-state index contributed by atoms with van der Waals surface area (Å²) < 4.78 is 92.1. The van der Waals surface area contributed by atoms with Crippen LogP contribution in [0.1, 0.15) is 140 Å². The van der Waals surface area contributed by atoms with E-state index in [9.17, 15) is 38.5 Å². The average molecular weight is 1330 g/mol. The van der Waals surface area contributed by atoms with Gasteiger partial charge in [-0.25, -0.2) is 9.13 Å². The summed E-state index contributed by atoms with van der Waals surface area (Å²) in [5.41, 5.74) is 15.5. The van der Waals surface area contributed by atoms with E-state index in [4.69, 9.17) is 58.0 Å². The van der Waals surface area contributed by atoms with Gasteiger partial charge < -0.3 is 84.0 Å². The minimum Gasteiger partial charge on any atom is -1.00 e. The molecule has 2 aliphatic carbocycles. The van der Waals surface area contributed by atoms with E-state index >= 15 is 0 Å². The maximum absolute atomic E-state index is 14.5. The van der Waals surface area contributed by atoms with Crippen molar-refractivity contribution in [2.24, 2.45) is 23.3 Å². The van der Waals surface area contributed by atoms with E-state index in [2.05, 4.69) is 12.1 Å². The maximum Gasteiger partial charge on any atom is 0.380 e. The first kappa shape index (κ1) is 71.6. The van der Waals surface area contributed by atoms with E-state index in [1.165, 1.54) is 16.8 Å². The van der Waals surface area contributed by atoms with Crippen LogP contribution in [0.25, 0.3) is 0 Å². The van der Waals surface area contributed by atoms with E-state index in [1.807, 2.05) is 26.8 Å². The molecule has 2 amide bonds. The topological polar surface area (TPSA) is 295 Å². The molecule has 0 bridgehead atoms. The van der Waals surface area contributed by atoms with Crippen LogP contribution in [0.2, 0.25) is 0 Å². The van der Waals surface area contributed by atoms with Crippen LogP contribution >= 0.6 is 15.2 Å². The number of nitrogens with zero attached hydrogens (tertiary/aromatic N) is 2. The predicted molar refractivity (Wildman–Crippen MR) is 319 cm³/mol. The number of aliphatic hydroxyl groups is 2. The first-order chi connectivity index (χ1) is 42.1. The van der Waals surface area contributed by atoms with Crippen molar-refractivity contribution in [3.8, 4) is 11.5 Å². The molecule has 5 aromatic rings. The van der Waals surface area contributed by atoms with Gasteiger partial charge in [-0.15, -0.1) is 0 Å². The molecular weight excluding hydrogens is 1250 g/mol. The fraction of sp³-hybridized carbons (Fsp3) is 0.500. The monoisotopic (exact) mass is 1330 g/mol. The standard InChI is InChI=1S/C37H45N2O9P.C27H35N2O9P.2ClH/c1-23-18-24(2)31(25(3)19-23)37-46-32-30(45-35(33(32)47-37)39-17-11-12-27(20-39)34(38)40)21-43-49(42,48-29-15-9-6-10-16-29)22-26(4)36(41)44-28-13-7-5-8-14-28;1-18(27(33)36-20-10-4-2-5-11-20)17-39(34,38-21-12-6-3-7-13-21)35-16-22-23(30)24(31)26(37-22)29-14-8-9-19(15-29)25(28)32;;/h6,9-12,15-20,26,28,30,32-33,35,37H,5,7-8,13-14,21-22H2,1-4H3,(H-,38,40);3,6-9,12-15,18,20,22-24,26,30-31H,2,4-5,10-11,16-17H2,1H3,(H-,28,32);2*1H/t26-,30-,32-,33-,35-,37?,49?;18-,22-,23-,24-,26-,39?;;/m11../s1. The average Bonchev–Trinajstić information content (AvgIpc) is 1.69. The van der Waals surface area contributed by atoms with Crippen molar-refractivity contribution in [1.82, 2.24) is 0 Å². The number of aryl methyl sites for hydroxylation is 3. The van der Waals surface area contributed by atoms with Crippen LogP contribution in [-0.4, -0.2) is 108 Å².